The highest BCUT2D eigenvalue weighted by molar-refractivity contribution is 7.97. The van der Waals surface area contributed by atoms with Gasteiger partial charge in [-0.25, -0.2) is 10.8 Å². The minimum Gasteiger partial charge on any atom is -0.308 e. The fourth-order valence-corrected chi connectivity index (χ4v) is 3.06. The molecule has 0 saturated heterocycles. The Bertz CT molecular complexity index is 563. The van der Waals surface area contributed by atoms with E-state index in [0.29, 0.717) is 16.6 Å². The molecule has 0 amide bonds. The van der Waals surface area contributed by atoms with Gasteiger partial charge in [0.15, 0.2) is 0 Å². The van der Waals surface area contributed by atoms with E-state index in [0.717, 1.165) is 22.0 Å². The Morgan fingerprint density at radius 3 is 2.58 bits per heavy atom. The second-order valence-corrected chi connectivity index (χ2v) is 5.65. The lowest BCUT2D eigenvalue weighted by molar-refractivity contribution is 1.14. The van der Waals surface area contributed by atoms with E-state index in [1.807, 2.05) is 24.3 Å². The van der Waals surface area contributed by atoms with Crippen molar-refractivity contribution in [2.45, 2.75) is 11.5 Å². The molecule has 3 nitrogen and oxygen atoms in total. The molecule has 19 heavy (non-hydrogen) atoms. The third-order valence-electron chi connectivity index (χ3n) is 2.52. The van der Waals surface area contributed by atoms with E-state index in [2.05, 4.69) is 10.4 Å². The molecule has 6 heteroatoms. The lowest BCUT2D eigenvalue weighted by Gasteiger charge is -2.07. The number of aromatic nitrogens is 1. The van der Waals surface area contributed by atoms with Gasteiger partial charge in [0.2, 0.25) is 0 Å². The molecule has 0 aliphatic rings. The summed E-state index contributed by atoms with van der Waals surface area (Å²) in [7, 11) is 0. The number of nitrogens with zero attached hydrogens (tertiary/aromatic N) is 1. The number of rotatable bonds is 5. The van der Waals surface area contributed by atoms with Crippen molar-refractivity contribution >= 4 is 40.8 Å². The molecule has 0 bridgehead atoms. The maximum atomic E-state index is 6.10. The average molecular weight is 314 g/mol. The molecular weight excluding hydrogens is 301 g/mol. The number of hydrogen-bond donors (Lipinski definition) is 2. The zero-order valence-electron chi connectivity index (χ0n) is 10.1. The molecule has 0 radical (unpaired) electrons. The summed E-state index contributed by atoms with van der Waals surface area (Å²) in [5.41, 5.74) is 4.44. The molecular formula is C13H13Cl2N3S. The predicted octanol–water partition coefficient (Wildman–Crippen LogP) is 4.11. The number of anilines is 1. The summed E-state index contributed by atoms with van der Waals surface area (Å²) in [6.07, 6.45) is 0. The van der Waals surface area contributed by atoms with Gasteiger partial charge in [-0.15, -0.1) is 0 Å². The predicted molar refractivity (Wildman–Crippen MR) is 83.5 cm³/mol. The molecule has 2 aromatic rings. The van der Waals surface area contributed by atoms with Gasteiger partial charge in [0.1, 0.15) is 5.82 Å². The Morgan fingerprint density at radius 1 is 1.05 bits per heavy atom. The normalized spacial score (nSPS) is 10.5. The van der Waals surface area contributed by atoms with Crippen LogP contribution in [0.1, 0.15) is 11.3 Å². The van der Waals surface area contributed by atoms with Crippen LogP contribution in [-0.2, 0) is 11.5 Å². The van der Waals surface area contributed by atoms with Crippen molar-refractivity contribution in [1.29, 1.82) is 0 Å². The van der Waals surface area contributed by atoms with E-state index in [1.165, 1.54) is 0 Å². The van der Waals surface area contributed by atoms with Gasteiger partial charge in [-0.2, -0.15) is 11.8 Å². The van der Waals surface area contributed by atoms with E-state index < -0.39 is 0 Å². The minimum absolute atomic E-state index is 0.609. The molecule has 0 atom stereocenters. The number of thioether (sulfide) groups is 1. The zero-order chi connectivity index (χ0) is 13.7. The van der Waals surface area contributed by atoms with Gasteiger partial charge in [-0.05, 0) is 23.8 Å². The Morgan fingerprint density at radius 2 is 1.84 bits per heavy atom. The van der Waals surface area contributed by atoms with E-state index in [4.69, 9.17) is 29.0 Å². The van der Waals surface area contributed by atoms with Crippen molar-refractivity contribution in [3.8, 4) is 0 Å². The minimum atomic E-state index is 0.609. The van der Waals surface area contributed by atoms with Crippen LogP contribution >= 0.6 is 35.0 Å². The van der Waals surface area contributed by atoms with Crippen molar-refractivity contribution in [3.63, 3.8) is 0 Å². The van der Waals surface area contributed by atoms with Crippen LogP contribution in [0.4, 0.5) is 5.82 Å². The van der Waals surface area contributed by atoms with Crippen molar-refractivity contribution < 1.29 is 0 Å². The highest BCUT2D eigenvalue weighted by Crippen LogP contribution is 2.26. The van der Waals surface area contributed by atoms with Crippen LogP contribution < -0.4 is 11.3 Å². The molecule has 0 unspecified atom stereocenters. The Hall–Kier alpha value is -0.940. The summed E-state index contributed by atoms with van der Waals surface area (Å²) in [4.78, 5) is 4.32. The second kappa shape index (κ2) is 7.01. The number of nitrogen functional groups attached to an aromatic ring is 1. The zero-order valence-corrected chi connectivity index (χ0v) is 12.4. The van der Waals surface area contributed by atoms with Crippen molar-refractivity contribution in [2.24, 2.45) is 5.84 Å². The van der Waals surface area contributed by atoms with Crippen LogP contribution in [0.5, 0.6) is 0 Å². The second-order valence-electron chi connectivity index (χ2n) is 3.85. The van der Waals surface area contributed by atoms with E-state index >= 15 is 0 Å². The first-order valence-corrected chi connectivity index (χ1v) is 7.55. The molecule has 0 fully saturated rings. The summed E-state index contributed by atoms with van der Waals surface area (Å²) in [5.74, 6) is 7.46. The Kier molecular flexibility index (Phi) is 5.34. The average Bonchev–Trinajstić information content (AvgIpc) is 2.43. The van der Waals surface area contributed by atoms with Gasteiger partial charge < -0.3 is 5.43 Å². The third-order valence-corrected chi connectivity index (χ3v) is 4.23. The van der Waals surface area contributed by atoms with Gasteiger partial charge in [0.25, 0.3) is 0 Å². The smallest absolute Gasteiger partial charge is 0.140 e. The maximum Gasteiger partial charge on any atom is 0.140 e. The SMILES string of the molecule is NNc1ccc(Cl)c(CSCc2ccccc2Cl)n1. The van der Waals surface area contributed by atoms with Crippen LogP contribution in [0, 0.1) is 0 Å². The van der Waals surface area contributed by atoms with E-state index in [9.17, 15) is 0 Å². The van der Waals surface area contributed by atoms with Crippen molar-refractivity contribution in [2.75, 3.05) is 5.43 Å². The van der Waals surface area contributed by atoms with Crippen molar-refractivity contribution in [1.82, 2.24) is 4.98 Å². The van der Waals surface area contributed by atoms with Crippen LogP contribution in [0.2, 0.25) is 10.0 Å². The molecule has 100 valence electrons. The first kappa shape index (κ1) is 14.5. The maximum absolute atomic E-state index is 6.10. The topological polar surface area (TPSA) is 50.9 Å². The molecule has 1 aromatic carbocycles. The summed E-state index contributed by atoms with van der Waals surface area (Å²) in [6.45, 7) is 0. The first-order valence-electron chi connectivity index (χ1n) is 5.64. The van der Waals surface area contributed by atoms with Crippen LogP contribution in [0.25, 0.3) is 0 Å². The number of hydrazine groups is 1. The monoisotopic (exact) mass is 313 g/mol. The Balaban J connectivity index is 1.98. The van der Waals surface area contributed by atoms with Gasteiger partial charge in [-0.3, -0.25) is 0 Å². The van der Waals surface area contributed by atoms with Crippen LogP contribution in [0.15, 0.2) is 36.4 Å². The highest BCUT2D eigenvalue weighted by Gasteiger charge is 2.05. The van der Waals surface area contributed by atoms with Gasteiger partial charge in [-0.1, -0.05) is 41.4 Å². The Labute approximate surface area is 126 Å². The summed E-state index contributed by atoms with van der Waals surface area (Å²) in [5, 5.41) is 1.43. The summed E-state index contributed by atoms with van der Waals surface area (Å²) < 4.78 is 0. The number of pyridine rings is 1. The summed E-state index contributed by atoms with van der Waals surface area (Å²) >= 11 is 13.9. The molecule has 0 spiro atoms. The largest absolute Gasteiger partial charge is 0.308 e. The van der Waals surface area contributed by atoms with Gasteiger partial charge in [0.05, 0.1) is 10.7 Å². The molecule has 1 aromatic heterocycles. The first-order chi connectivity index (χ1) is 9.20. The standard InChI is InChI=1S/C13H13Cl2N3S/c14-10-4-2-1-3-9(10)7-19-8-12-11(15)5-6-13(17-12)18-16/h1-6H,7-8,16H2,(H,17,18). The molecule has 1 heterocycles. The molecule has 0 aliphatic heterocycles. The van der Waals surface area contributed by atoms with E-state index in [1.54, 1.807) is 23.9 Å². The number of nitrogens with two attached hydrogens (primary N) is 1. The quantitative estimate of drug-likeness (QED) is 0.644. The molecule has 3 N–H and O–H groups in total. The highest BCUT2D eigenvalue weighted by atomic mass is 35.5. The number of benzene rings is 1. The number of hydrogen-bond acceptors (Lipinski definition) is 4. The van der Waals surface area contributed by atoms with Crippen LogP contribution in [0.3, 0.4) is 0 Å². The fourth-order valence-electron chi connectivity index (χ4n) is 1.54. The van der Waals surface area contributed by atoms with Gasteiger partial charge in [0, 0.05) is 16.5 Å². The fraction of sp³-hybridized carbons (Fsp3) is 0.154. The number of nitrogens with one attached hydrogen (secondary N) is 1. The molecule has 0 saturated carbocycles. The lowest BCUT2D eigenvalue weighted by atomic mass is 10.2. The van der Waals surface area contributed by atoms with Crippen LogP contribution in [-0.4, -0.2) is 4.98 Å². The molecule has 2 rings (SSSR count). The van der Waals surface area contributed by atoms with Gasteiger partial charge >= 0.3 is 0 Å². The number of halogens is 2. The third kappa shape index (κ3) is 4.01. The summed E-state index contributed by atoms with van der Waals surface area (Å²) in [6, 6.07) is 11.3. The lowest BCUT2D eigenvalue weighted by Crippen LogP contribution is -2.09. The molecule has 0 aliphatic carbocycles. The van der Waals surface area contributed by atoms with E-state index in [-0.39, 0.29) is 0 Å². The van der Waals surface area contributed by atoms with Crippen molar-refractivity contribution in [3.05, 3.63) is 57.7 Å².